The SMILES string of the molecule is CCC(CC)c1cc(C)n2nc(-c3ccc(OC)cc3C)n(COC)c(=O)c12. The molecule has 0 saturated carbocycles. The Bertz CT molecular complexity index is 1050. The van der Waals surface area contributed by atoms with Gasteiger partial charge < -0.3 is 9.47 Å². The highest BCUT2D eigenvalue weighted by Crippen LogP contribution is 2.30. The van der Waals surface area contributed by atoms with Crippen LogP contribution >= 0.6 is 0 Å². The fourth-order valence-electron chi connectivity index (χ4n) is 3.87. The van der Waals surface area contributed by atoms with Gasteiger partial charge in [0.05, 0.1) is 7.11 Å². The lowest BCUT2D eigenvalue weighted by molar-refractivity contribution is 0.128. The van der Waals surface area contributed by atoms with Crippen molar-refractivity contribution in [3.05, 3.63) is 51.4 Å². The molecule has 2 aromatic heterocycles. The number of nitrogens with zero attached hydrogens (tertiary/aromatic N) is 3. The quantitative estimate of drug-likeness (QED) is 0.610. The van der Waals surface area contributed by atoms with Crippen LogP contribution in [0.2, 0.25) is 0 Å². The molecule has 0 aliphatic heterocycles. The van der Waals surface area contributed by atoms with Crippen molar-refractivity contribution in [2.45, 2.75) is 53.2 Å². The lowest BCUT2D eigenvalue weighted by Gasteiger charge is -2.16. The molecule has 6 nitrogen and oxygen atoms in total. The number of fused-ring (bicyclic) bond motifs is 1. The minimum absolute atomic E-state index is 0.0722. The maximum absolute atomic E-state index is 13.5. The predicted octanol–water partition coefficient (Wildman–Crippen LogP) is 4.30. The van der Waals surface area contributed by atoms with Crippen LogP contribution in [0, 0.1) is 13.8 Å². The maximum atomic E-state index is 13.5. The van der Waals surface area contributed by atoms with Crippen molar-refractivity contribution in [1.82, 2.24) is 14.2 Å². The van der Waals surface area contributed by atoms with E-state index in [0.717, 1.165) is 41.0 Å². The number of benzene rings is 1. The predicted molar refractivity (Wildman–Crippen MR) is 111 cm³/mol. The molecule has 0 N–H and O–H groups in total. The van der Waals surface area contributed by atoms with Crippen molar-refractivity contribution in [2.24, 2.45) is 0 Å². The fourth-order valence-corrected chi connectivity index (χ4v) is 3.87. The molecular weight excluding hydrogens is 354 g/mol. The fraction of sp³-hybridized carbons (Fsp3) is 0.455. The number of rotatable bonds is 7. The molecule has 0 bridgehead atoms. The van der Waals surface area contributed by atoms with Gasteiger partial charge in [-0.1, -0.05) is 13.8 Å². The van der Waals surface area contributed by atoms with E-state index in [1.54, 1.807) is 23.3 Å². The topological polar surface area (TPSA) is 57.8 Å². The molecule has 0 saturated heterocycles. The van der Waals surface area contributed by atoms with Crippen molar-refractivity contribution < 1.29 is 9.47 Å². The van der Waals surface area contributed by atoms with Crippen LogP contribution in [0.1, 0.15) is 49.4 Å². The maximum Gasteiger partial charge on any atom is 0.280 e. The molecule has 1 aromatic carbocycles. The minimum Gasteiger partial charge on any atom is -0.497 e. The zero-order chi connectivity index (χ0) is 20.4. The van der Waals surface area contributed by atoms with Gasteiger partial charge in [-0.15, -0.1) is 5.10 Å². The highest BCUT2D eigenvalue weighted by Gasteiger charge is 2.22. The summed E-state index contributed by atoms with van der Waals surface area (Å²) in [4.78, 5) is 13.5. The third-order valence-electron chi connectivity index (χ3n) is 5.44. The van der Waals surface area contributed by atoms with Crippen LogP contribution < -0.4 is 10.3 Å². The van der Waals surface area contributed by atoms with E-state index in [9.17, 15) is 4.79 Å². The summed E-state index contributed by atoms with van der Waals surface area (Å²) < 4.78 is 14.1. The second kappa shape index (κ2) is 8.19. The summed E-state index contributed by atoms with van der Waals surface area (Å²) in [5, 5.41) is 4.87. The number of hydrogen-bond donors (Lipinski definition) is 0. The van der Waals surface area contributed by atoms with Crippen LogP contribution in [0.4, 0.5) is 0 Å². The van der Waals surface area contributed by atoms with Gasteiger partial charge in [-0.25, -0.2) is 4.52 Å². The van der Waals surface area contributed by atoms with Crippen molar-refractivity contribution in [1.29, 1.82) is 0 Å². The first kappa shape index (κ1) is 20.1. The van der Waals surface area contributed by atoms with Gasteiger partial charge in [-0.2, -0.15) is 0 Å². The van der Waals surface area contributed by atoms with Gasteiger partial charge in [0.25, 0.3) is 5.56 Å². The van der Waals surface area contributed by atoms with Gasteiger partial charge in [0.1, 0.15) is 18.0 Å². The van der Waals surface area contributed by atoms with Crippen LogP contribution in [-0.2, 0) is 11.5 Å². The molecule has 2 heterocycles. The third kappa shape index (κ3) is 3.33. The average molecular weight is 383 g/mol. The Morgan fingerprint density at radius 3 is 2.39 bits per heavy atom. The molecule has 28 heavy (non-hydrogen) atoms. The van der Waals surface area contributed by atoms with Crippen LogP contribution in [0.3, 0.4) is 0 Å². The first-order valence-corrected chi connectivity index (χ1v) is 9.73. The number of hydrogen-bond acceptors (Lipinski definition) is 4. The number of ether oxygens (including phenoxy) is 2. The molecule has 150 valence electrons. The van der Waals surface area contributed by atoms with E-state index in [-0.39, 0.29) is 12.3 Å². The second-order valence-corrected chi connectivity index (χ2v) is 7.17. The normalized spacial score (nSPS) is 11.5. The van der Waals surface area contributed by atoms with Gasteiger partial charge in [0.15, 0.2) is 5.82 Å². The monoisotopic (exact) mass is 383 g/mol. The van der Waals surface area contributed by atoms with E-state index in [4.69, 9.17) is 14.6 Å². The zero-order valence-electron chi connectivity index (χ0n) is 17.6. The van der Waals surface area contributed by atoms with E-state index in [1.807, 2.05) is 32.0 Å². The molecule has 6 heteroatoms. The molecule has 0 amide bonds. The van der Waals surface area contributed by atoms with E-state index < -0.39 is 0 Å². The average Bonchev–Trinajstić information content (AvgIpc) is 3.01. The lowest BCUT2D eigenvalue weighted by atomic mass is 9.95. The molecular formula is C22H29N3O3. The Hall–Kier alpha value is -2.60. The zero-order valence-corrected chi connectivity index (χ0v) is 17.6. The number of aryl methyl sites for hydroxylation is 2. The summed E-state index contributed by atoms with van der Waals surface area (Å²) in [5.41, 5.74) is 4.48. The van der Waals surface area contributed by atoms with E-state index >= 15 is 0 Å². The Labute approximate surface area is 165 Å². The smallest absolute Gasteiger partial charge is 0.280 e. The molecule has 3 aromatic rings. The molecule has 0 radical (unpaired) electrons. The number of methoxy groups -OCH3 is 2. The highest BCUT2D eigenvalue weighted by molar-refractivity contribution is 5.65. The van der Waals surface area contributed by atoms with Crippen LogP contribution in [0.25, 0.3) is 16.9 Å². The molecule has 0 fully saturated rings. The van der Waals surface area contributed by atoms with Crippen molar-refractivity contribution in [2.75, 3.05) is 14.2 Å². The van der Waals surface area contributed by atoms with Crippen molar-refractivity contribution in [3.8, 4) is 17.1 Å². The number of aromatic nitrogens is 3. The largest absolute Gasteiger partial charge is 0.497 e. The second-order valence-electron chi connectivity index (χ2n) is 7.17. The van der Waals surface area contributed by atoms with Gasteiger partial charge in [0.2, 0.25) is 0 Å². The standard InChI is InChI=1S/C22H29N3O3/c1-7-16(8-2)19-12-15(4)25-20(19)22(26)24(13-27-5)21(23-25)18-10-9-17(28-6)11-14(18)3/h9-12,16H,7-8,13H2,1-6H3. The Kier molecular flexibility index (Phi) is 5.89. The summed E-state index contributed by atoms with van der Waals surface area (Å²) in [6.07, 6.45) is 1.97. The summed E-state index contributed by atoms with van der Waals surface area (Å²) in [5.74, 6) is 1.70. The van der Waals surface area contributed by atoms with Crippen LogP contribution in [0.15, 0.2) is 29.1 Å². The van der Waals surface area contributed by atoms with Gasteiger partial charge >= 0.3 is 0 Å². The Morgan fingerprint density at radius 1 is 1.11 bits per heavy atom. The molecule has 0 unspecified atom stereocenters. The molecule has 3 rings (SSSR count). The first-order valence-electron chi connectivity index (χ1n) is 9.73. The first-order chi connectivity index (χ1) is 13.5. The Balaban J connectivity index is 2.35. The third-order valence-corrected chi connectivity index (χ3v) is 5.44. The molecule has 0 aliphatic rings. The van der Waals surface area contributed by atoms with Gasteiger partial charge in [-0.05, 0) is 68.0 Å². The van der Waals surface area contributed by atoms with E-state index in [0.29, 0.717) is 17.3 Å². The van der Waals surface area contributed by atoms with Crippen LogP contribution in [-0.4, -0.2) is 28.4 Å². The summed E-state index contributed by atoms with van der Waals surface area (Å²) in [7, 11) is 3.23. The lowest BCUT2D eigenvalue weighted by Crippen LogP contribution is -2.27. The molecule has 0 atom stereocenters. The highest BCUT2D eigenvalue weighted by atomic mass is 16.5. The van der Waals surface area contributed by atoms with E-state index in [2.05, 4.69) is 19.9 Å². The van der Waals surface area contributed by atoms with Crippen molar-refractivity contribution in [3.63, 3.8) is 0 Å². The molecule has 0 aliphatic carbocycles. The summed E-state index contributed by atoms with van der Waals surface area (Å²) in [6.45, 7) is 8.45. The van der Waals surface area contributed by atoms with Gasteiger partial charge in [-0.3, -0.25) is 9.36 Å². The Morgan fingerprint density at radius 2 is 1.82 bits per heavy atom. The van der Waals surface area contributed by atoms with Crippen LogP contribution in [0.5, 0.6) is 5.75 Å². The van der Waals surface area contributed by atoms with E-state index in [1.165, 1.54) is 0 Å². The molecule has 0 spiro atoms. The summed E-state index contributed by atoms with van der Waals surface area (Å²) >= 11 is 0. The van der Waals surface area contributed by atoms with Crippen molar-refractivity contribution >= 4 is 5.52 Å². The summed E-state index contributed by atoms with van der Waals surface area (Å²) in [6, 6.07) is 7.87. The minimum atomic E-state index is -0.0722. The van der Waals surface area contributed by atoms with Gasteiger partial charge in [0, 0.05) is 18.4 Å².